The Kier molecular flexibility index (Phi) is 4.95. The van der Waals surface area contributed by atoms with Crippen LogP contribution in [0.3, 0.4) is 0 Å². The number of methoxy groups -OCH3 is 1. The number of nitrogens with zero attached hydrogens (tertiary/aromatic N) is 1. The van der Waals surface area contributed by atoms with E-state index >= 15 is 0 Å². The van der Waals surface area contributed by atoms with Gasteiger partial charge < -0.3 is 10.1 Å². The van der Waals surface area contributed by atoms with E-state index < -0.39 is 0 Å². The van der Waals surface area contributed by atoms with Crippen molar-refractivity contribution in [2.45, 2.75) is 44.8 Å². The third kappa shape index (κ3) is 3.76. The van der Waals surface area contributed by atoms with Crippen molar-refractivity contribution in [1.29, 1.82) is 0 Å². The van der Waals surface area contributed by atoms with Crippen molar-refractivity contribution in [3.8, 4) is 0 Å². The van der Waals surface area contributed by atoms with Crippen molar-refractivity contribution in [3.63, 3.8) is 0 Å². The molecule has 3 nitrogen and oxygen atoms in total. The highest BCUT2D eigenvalue weighted by atomic mass is 32.1. The molecule has 96 valence electrons. The maximum atomic E-state index is 5.70. The molecule has 0 aromatic carbocycles. The summed E-state index contributed by atoms with van der Waals surface area (Å²) < 4.78 is 5.70. The van der Waals surface area contributed by atoms with Crippen LogP contribution in [0.5, 0.6) is 0 Å². The van der Waals surface area contributed by atoms with Crippen LogP contribution in [0.25, 0.3) is 0 Å². The molecule has 1 aliphatic rings. The molecule has 1 aromatic heterocycles. The molecule has 2 rings (SSSR count). The second-order valence-electron chi connectivity index (χ2n) is 4.73. The second-order valence-corrected chi connectivity index (χ2v) is 5.71. The minimum absolute atomic E-state index is 0.352. The Hall–Kier alpha value is -0.450. The molecule has 1 saturated carbocycles. The van der Waals surface area contributed by atoms with Gasteiger partial charge in [-0.3, -0.25) is 0 Å². The number of hydrogen-bond acceptors (Lipinski definition) is 4. The Bertz CT molecular complexity index is 311. The van der Waals surface area contributed by atoms with Crippen molar-refractivity contribution in [1.82, 2.24) is 10.3 Å². The number of rotatable bonds is 8. The smallest absolute Gasteiger partial charge is 0.0941 e. The Morgan fingerprint density at radius 3 is 2.94 bits per heavy atom. The van der Waals surface area contributed by atoms with Crippen LogP contribution >= 0.6 is 11.3 Å². The average Bonchev–Trinajstić information content (AvgIpc) is 3.04. The Labute approximate surface area is 108 Å². The van der Waals surface area contributed by atoms with Crippen molar-refractivity contribution >= 4 is 11.3 Å². The highest BCUT2D eigenvalue weighted by Crippen LogP contribution is 2.36. The predicted molar refractivity (Wildman–Crippen MR) is 71.4 cm³/mol. The molecular weight excluding hydrogens is 232 g/mol. The van der Waals surface area contributed by atoms with Crippen LogP contribution in [-0.2, 0) is 11.2 Å². The van der Waals surface area contributed by atoms with Crippen LogP contribution in [0.2, 0.25) is 0 Å². The molecular formula is C13H22N2OS. The summed E-state index contributed by atoms with van der Waals surface area (Å²) in [4.78, 5) is 4.38. The van der Waals surface area contributed by atoms with Gasteiger partial charge >= 0.3 is 0 Å². The van der Waals surface area contributed by atoms with E-state index in [4.69, 9.17) is 4.74 Å². The standard InChI is InChI=1S/C13H22N2OS/c1-3-6-14-11(9-12-15-7-8-17-12)13(16-2)10-4-5-10/h7-8,10-11,13-14H,3-6,9H2,1-2H3. The highest BCUT2D eigenvalue weighted by Gasteiger charge is 2.36. The first-order chi connectivity index (χ1) is 8.35. The summed E-state index contributed by atoms with van der Waals surface area (Å²) >= 11 is 1.74. The lowest BCUT2D eigenvalue weighted by Gasteiger charge is -2.26. The third-order valence-electron chi connectivity index (χ3n) is 3.29. The molecule has 4 heteroatoms. The maximum absolute atomic E-state index is 5.70. The fraction of sp³-hybridized carbons (Fsp3) is 0.769. The first kappa shape index (κ1) is 13.0. The maximum Gasteiger partial charge on any atom is 0.0941 e. The summed E-state index contributed by atoms with van der Waals surface area (Å²) in [6.45, 7) is 3.26. The highest BCUT2D eigenvalue weighted by molar-refractivity contribution is 7.09. The molecule has 0 saturated heterocycles. The summed E-state index contributed by atoms with van der Waals surface area (Å²) in [7, 11) is 1.84. The number of aromatic nitrogens is 1. The van der Waals surface area contributed by atoms with Crippen molar-refractivity contribution in [2.75, 3.05) is 13.7 Å². The van der Waals surface area contributed by atoms with Gasteiger partial charge in [-0.05, 0) is 31.7 Å². The number of nitrogens with one attached hydrogen (secondary N) is 1. The molecule has 17 heavy (non-hydrogen) atoms. The first-order valence-electron chi connectivity index (χ1n) is 6.49. The molecule has 0 bridgehead atoms. The Balaban J connectivity index is 1.95. The van der Waals surface area contributed by atoms with Gasteiger partial charge in [0.2, 0.25) is 0 Å². The van der Waals surface area contributed by atoms with Gasteiger partial charge in [0, 0.05) is 31.1 Å². The Morgan fingerprint density at radius 2 is 2.41 bits per heavy atom. The van der Waals surface area contributed by atoms with Crippen LogP contribution < -0.4 is 5.32 Å². The van der Waals surface area contributed by atoms with Crippen LogP contribution in [0, 0.1) is 5.92 Å². The largest absolute Gasteiger partial charge is 0.380 e. The average molecular weight is 254 g/mol. The first-order valence-corrected chi connectivity index (χ1v) is 7.37. The third-order valence-corrected chi connectivity index (χ3v) is 4.09. The van der Waals surface area contributed by atoms with Crippen molar-refractivity contribution in [2.24, 2.45) is 5.92 Å². The number of hydrogen-bond donors (Lipinski definition) is 1. The minimum atomic E-state index is 0.352. The van der Waals surface area contributed by atoms with E-state index in [1.165, 1.54) is 17.8 Å². The molecule has 2 atom stereocenters. The van der Waals surface area contributed by atoms with E-state index in [1.54, 1.807) is 11.3 Å². The number of thiazole rings is 1. The minimum Gasteiger partial charge on any atom is -0.380 e. The van der Waals surface area contributed by atoms with Gasteiger partial charge in [-0.25, -0.2) is 4.98 Å². The molecule has 2 unspecified atom stereocenters. The molecule has 1 aromatic rings. The van der Waals surface area contributed by atoms with Gasteiger partial charge in [-0.1, -0.05) is 6.92 Å². The summed E-state index contributed by atoms with van der Waals surface area (Å²) in [6.07, 6.45) is 7.03. The van der Waals surface area contributed by atoms with Crippen LogP contribution in [-0.4, -0.2) is 30.8 Å². The molecule has 1 heterocycles. The fourth-order valence-corrected chi connectivity index (χ4v) is 2.96. The van der Waals surface area contributed by atoms with Gasteiger partial charge in [0.05, 0.1) is 11.1 Å². The summed E-state index contributed by atoms with van der Waals surface area (Å²) in [5.41, 5.74) is 0. The summed E-state index contributed by atoms with van der Waals surface area (Å²) in [5, 5.41) is 6.88. The topological polar surface area (TPSA) is 34.2 Å². The SMILES string of the molecule is CCCNC(Cc1nccs1)C(OC)C1CC1. The lowest BCUT2D eigenvalue weighted by atomic mass is 10.0. The van der Waals surface area contributed by atoms with E-state index in [2.05, 4.69) is 17.2 Å². The van der Waals surface area contributed by atoms with Crippen molar-refractivity contribution in [3.05, 3.63) is 16.6 Å². The van der Waals surface area contributed by atoms with Gasteiger partial charge in [0.1, 0.15) is 0 Å². The zero-order chi connectivity index (χ0) is 12.1. The molecule has 1 aliphatic carbocycles. The van der Waals surface area contributed by atoms with Crippen LogP contribution in [0.4, 0.5) is 0 Å². The van der Waals surface area contributed by atoms with E-state index in [0.29, 0.717) is 12.1 Å². The second kappa shape index (κ2) is 6.47. The summed E-state index contributed by atoms with van der Waals surface area (Å²) in [5.74, 6) is 0.759. The fourth-order valence-electron chi connectivity index (χ4n) is 2.29. The lowest BCUT2D eigenvalue weighted by Crippen LogP contribution is -2.44. The van der Waals surface area contributed by atoms with E-state index in [9.17, 15) is 0 Å². The number of ether oxygens (including phenoxy) is 1. The van der Waals surface area contributed by atoms with Crippen LogP contribution in [0.1, 0.15) is 31.2 Å². The summed E-state index contributed by atoms with van der Waals surface area (Å²) in [6, 6.07) is 0.415. The van der Waals surface area contributed by atoms with E-state index in [0.717, 1.165) is 25.3 Å². The predicted octanol–water partition coefficient (Wildman–Crippen LogP) is 2.48. The molecule has 0 spiro atoms. The van der Waals surface area contributed by atoms with E-state index in [-0.39, 0.29) is 0 Å². The molecule has 1 fully saturated rings. The van der Waals surface area contributed by atoms with Gasteiger partial charge in [0.25, 0.3) is 0 Å². The molecule has 1 N–H and O–H groups in total. The zero-order valence-corrected chi connectivity index (χ0v) is 11.5. The molecule has 0 radical (unpaired) electrons. The monoisotopic (exact) mass is 254 g/mol. The van der Waals surface area contributed by atoms with Gasteiger partial charge in [0.15, 0.2) is 0 Å². The Morgan fingerprint density at radius 1 is 1.59 bits per heavy atom. The van der Waals surface area contributed by atoms with E-state index in [1.807, 2.05) is 18.7 Å². The van der Waals surface area contributed by atoms with Gasteiger partial charge in [-0.15, -0.1) is 11.3 Å². The zero-order valence-electron chi connectivity index (χ0n) is 10.7. The molecule has 0 aliphatic heterocycles. The van der Waals surface area contributed by atoms with Gasteiger partial charge in [-0.2, -0.15) is 0 Å². The quantitative estimate of drug-likeness (QED) is 0.774. The van der Waals surface area contributed by atoms with Crippen LogP contribution in [0.15, 0.2) is 11.6 Å². The lowest BCUT2D eigenvalue weighted by molar-refractivity contribution is 0.0511. The van der Waals surface area contributed by atoms with Crippen molar-refractivity contribution < 1.29 is 4.74 Å². The molecule has 0 amide bonds. The normalized spacial score (nSPS) is 19.2.